The Balaban J connectivity index is 1.36. The number of nitrogens with zero attached hydrogens (tertiary/aromatic N) is 1. The number of amides is 1. The Hall–Kier alpha value is -2.37. The molecule has 0 aromatic heterocycles. The number of hydrogen-bond donors (Lipinski definition) is 2. The Morgan fingerprint density at radius 3 is 2.63 bits per heavy atom. The SMILES string of the molecule is CN1[C@@H]2CC[C@H]1[C@@H](NC(=O)c1ccc(OCc3ccccc3)cc1)[C@H](O)C2. The highest BCUT2D eigenvalue weighted by Gasteiger charge is 2.45. The fourth-order valence-electron chi connectivity index (χ4n) is 4.31. The van der Waals surface area contributed by atoms with E-state index in [4.69, 9.17) is 4.74 Å². The van der Waals surface area contributed by atoms with Crippen LogP contribution in [0.5, 0.6) is 5.75 Å². The zero-order chi connectivity index (χ0) is 18.8. The predicted octanol–water partition coefficient (Wildman–Crippen LogP) is 2.59. The molecule has 2 aromatic carbocycles. The molecule has 5 nitrogen and oxygen atoms in total. The van der Waals surface area contributed by atoms with Gasteiger partial charge in [0.05, 0.1) is 12.1 Å². The molecule has 27 heavy (non-hydrogen) atoms. The third-order valence-corrected chi connectivity index (χ3v) is 5.90. The van der Waals surface area contributed by atoms with Gasteiger partial charge in [0.2, 0.25) is 0 Å². The number of ether oxygens (including phenoxy) is 1. The summed E-state index contributed by atoms with van der Waals surface area (Å²) in [6, 6.07) is 17.6. The van der Waals surface area contributed by atoms with Gasteiger partial charge in [-0.25, -0.2) is 0 Å². The molecule has 2 fully saturated rings. The van der Waals surface area contributed by atoms with Crippen LogP contribution in [0.2, 0.25) is 0 Å². The van der Waals surface area contributed by atoms with E-state index in [1.54, 1.807) is 12.1 Å². The van der Waals surface area contributed by atoms with Crippen LogP contribution in [-0.4, -0.2) is 47.2 Å². The summed E-state index contributed by atoms with van der Waals surface area (Å²) in [5, 5.41) is 13.5. The molecule has 0 radical (unpaired) electrons. The Bertz CT molecular complexity index is 778. The Kier molecular flexibility index (Phi) is 5.14. The van der Waals surface area contributed by atoms with Crippen molar-refractivity contribution in [3.05, 3.63) is 65.7 Å². The third kappa shape index (κ3) is 3.84. The molecule has 4 rings (SSSR count). The van der Waals surface area contributed by atoms with Gasteiger partial charge in [0.25, 0.3) is 5.91 Å². The fraction of sp³-hybridized carbons (Fsp3) is 0.409. The van der Waals surface area contributed by atoms with Crippen LogP contribution >= 0.6 is 0 Å². The number of likely N-dealkylation sites (N-methyl/N-ethyl adjacent to an activating group) is 1. The molecule has 2 aliphatic heterocycles. The normalized spacial score (nSPS) is 27.3. The highest BCUT2D eigenvalue weighted by Crippen LogP contribution is 2.34. The number of aliphatic hydroxyl groups is 1. The quantitative estimate of drug-likeness (QED) is 0.854. The number of carbonyl (C=O) groups is 1. The van der Waals surface area contributed by atoms with Gasteiger partial charge in [0, 0.05) is 17.6 Å². The zero-order valence-corrected chi connectivity index (χ0v) is 15.5. The van der Waals surface area contributed by atoms with E-state index < -0.39 is 6.10 Å². The van der Waals surface area contributed by atoms with E-state index in [2.05, 4.69) is 17.3 Å². The summed E-state index contributed by atoms with van der Waals surface area (Å²) in [7, 11) is 2.09. The van der Waals surface area contributed by atoms with Gasteiger partial charge >= 0.3 is 0 Å². The molecule has 2 aliphatic rings. The van der Waals surface area contributed by atoms with Gasteiger partial charge in [0.1, 0.15) is 12.4 Å². The highest BCUT2D eigenvalue weighted by molar-refractivity contribution is 5.94. The highest BCUT2D eigenvalue weighted by atomic mass is 16.5. The predicted molar refractivity (Wildman–Crippen MR) is 104 cm³/mol. The lowest BCUT2D eigenvalue weighted by molar-refractivity contribution is 0.0153. The average Bonchev–Trinajstić information content (AvgIpc) is 2.95. The monoisotopic (exact) mass is 366 g/mol. The summed E-state index contributed by atoms with van der Waals surface area (Å²) >= 11 is 0. The maximum absolute atomic E-state index is 12.6. The smallest absolute Gasteiger partial charge is 0.251 e. The second kappa shape index (κ2) is 7.71. The van der Waals surface area contributed by atoms with Crippen LogP contribution in [0.1, 0.15) is 35.2 Å². The Morgan fingerprint density at radius 2 is 1.89 bits per heavy atom. The molecular formula is C22H26N2O3. The van der Waals surface area contributed by atoms with Gasteiger partial charge in [-0.3, -0.25) is 9.69 Å². The average molecular weight is 366 g/mol. The van der Waals surface area contributed by atoms with Gasteiger partial charge in [-0.2, -0.15) is 0 Å². The van der Waals surface area contributed by atoms with Crippen LogP contribution in [0.4, 0.5) is 0 Å². The van der Waals surface area contributed by atoms with Crippen LogP contribution in [0.3, 0.4) is 0 Å². The number of benzene rings is 2. The first-order chi connectivity index (χ1) is 13.1. The van der Waals surface area contributed by atoms with Crippen molar-refractivity contribution in [2.24, 2.45) is 0 Å². The molecule has 1 amide bonds. The fourth-order valence-corrected chi connectivity index (χ4v) is 4.31. The van der Waals surface area contributed by atoms with Gasteiger partial charge < -0.3 is 15.2 Å². The first-order valence-electron chi connectivity index (χ1n) is 9.59. The largest absolute Gasteiger partial charge is 0.489 e. The van der Waals surface area contributed by atoms with E-state index in [1.807, 2.05) is 42.5 Å². The molecule has 0 spiro atoms. The number of aliphatic hydroxyl groups excluding tert-OH is 1. The van der Waals surface area contributed by atoms with Gasteiger partial charge in [-0.05, 0) is 56.1 Å². The standard InChI is InChI=1S/C22H26N2O3/c1-24-17-9-12-19(24)21(20(25)13-17)23-22(26)16-7-10-18(11-8-16)27-14-15-5-3-2-4-6-15/h2-8,10-11,17,19-21,25H,9,12-14H2,1H3,(H,23,26)/t17-,19+,20-,21-/m1/s1. The second-order valence-electron chi connectivity index (χ2n) is 7.56. The molecule has 0 unspecified atom stereocenters. The molecule has 2 heterocycles. The van der Waals surface area contributed by atoms with Gasteiger partial charge in [-0.15, -0.1) is 0 Å². The second-order valence-corrected chi connectivity index (χ2v) is 7.56. The van der Waals surface area contributed by atoms with Crippen LogP contribution in [0, 0.1) is 0 Å². The minimum atomic E-state index is -0.476. The summed E-state index contributed by atoms with van der Waals surface area (Å²) in [5.41, 5.74) is 1.68. The number of nitrogens with one attached hydrogen (secondary N) is 1. The van der Waals surface area contributed by atoms with Crippen LogP contribution < -0.4 is 10.1 Å². The van der Waals surface area contributed by atoms with Gasteiger partial charge in [-0.1, -0.05) is 30.3 Å². The maximum atomic E-state index is 12.6. The number of piperidine rings is 1. The van der Waals surface area contributed by atoms with Crippen molar-refractivity contribution < 1.29 is 14.6 Å². The minimum Gasteiger partial charge on any atom is -0.489 e. The van der Waals surface area contributed by atoms with E-state index in [0.717, 1.165) is 30.6 Å². The van der Waals surface area contributed by atoms with Crippen LogP contribution in [0.25, 0.3) is 0 Å². The lowest BCUT2D eigenvalue weighted by atomic mass is 9.94. The number of hydrogen-bond acceptors (Lipinski definition) is 4. The minimum absolute atomic E-state index is 0.146. The maximum Gasteiger partial charge on any atom is 0.251 e. The number of fused-ring (bicyclic) bond motifs is 2. The topological polar surface area (TPSA) is 61.8 Å². The molecule has 2 aromatic rings. The molecule has 5 heteroatoms. The van der Waals surface area contributed by atoms with Crippen molar-refractivity contribution in [3.63, 3.8) is 0 Å². The molecule has 0 aliphatic carbocycles. The number of rotatable bonds is 5. The molecular weight excluding hydrogens is 340 g/mol. The zero-order valence-electron chi connectivity index (χ0n) is 15.5. The van der Waals surface area contributed by atoms with E-state index in [1.165, 1.54) is 0 Å². The first kappa shape index (κ1) is 18.0. The molecule has 2 bridgehead atoms. The van der Waals surface area contributed by atoms with Crippen molar-refractivity contribution in [3.8, 4) is 5.75 Å². The summed E-state index contributed by atoms with van der Waals surface area (Å²) in [5.74, 6) is 0.582. The summed E-state index contributed by atoms with van der Waals surface area (Å²) in [6.07, 6.45) is 2.37. The van der Waals surface area contributed by atoms with Crippen LogP contribution in [0.15, 0.2) is 54.6 Å². The van der Waals surface area contributed by atoms with E-state index in [0.29, 0.717) is 18.2 Å². The third-order valence-electron chi connectivity index (χ3n) is 5.90. The Morgan fingerprint density at radius 1 is 1.15 bits per heavy atom. The molecule has 2 saturated heterocycles. The van der Waals surface area contributed by atoms with Crippen molar-refractivity contribution in [2.45, 2.75) is 50.1 Å². The first-order valence-corrected chi connectivity index (χ1v) is 9.59. The van der Waals surface area contributed by atoms with Crippen molar-refractivity contribution >= 4 is 5.91 Å². The molecule has 4 atom stereocenters. The van der Waals surface area contributed by atoms with Crippen molar-refractivity contribution in [2.75, 3.05) is 7.05 Å². The Labute approximate surface area is 160 Å². The lowest BCUT2D eigenvalue weighted by Gasteiger charge is -2.41. The summed E-state index contributed by atoms with van der Waals surface area (Å²) in [6.45, 7) is 0.496. The van der Waals surface area contributed by atoms with E-state index >= 15 is 0 Å². The number of carbonyl (C=O) groups excluding carboxylic acids is 1. The summed E-state index contributed by atoms with van der Waals surface area (Å²) < 4.78 is 5.77. The molecule has 2 N–H and O–H groups in total. The van der Waals surface area contributed by atoms with E-state index in [-0.39, 0.29) is 18.0 Å². The molecule has 142 valence electrons. The molecule has 0 saturated carbocycles. The van der Waals surface area contributed by atoms with Gasteiger partial charge in [0.15, 0.2) is 0 Å². The van der Waals surface area contributed by atoms with E-state index in [9.17, 15) is 9.90 Å². The lowest BCUT2D eigenvalue weighted by Crippen LogP contribution is -2.59. The van der Waals surface area contributed by atoms with Crippen LogP contribution in [-0.2, 0) is 6.61 Å². The van der Waals surface area contributed by atoms with Crippen molar-refractivity contribution in [1.29, 1.82) is 0 Å². The summed E-state index contributed by atoms with van der Waals surface area (Å²) in [4.78, 5) is 15.0. The van der Waals surface area contributed by atoms with Crippen molar-refractivity contribution in [1.82, 2.24) is 10.2 Å².